The fourth-order valence-corrected chi connectivity index (χ4v) is 0.875. The number of carbonyl (C=O) groups is 2. The van der Waals surface area contributed by atoms with Crippen LogP contribution in [-0.2, 0) is 4.79 Å². The van der Waals surface area contributed by atoms with E-state index in [2.05, 4.69) is 0 Å². The normalized spacial score (nSPS) is 18.6. The molecule has 1 aliphatic heterocycles. The fourth-order valence-electron chi connectivity index (χ4n) is 0.668. The maximum atomic E-state index is 10.8. The molecule has 0 aromatic rings. The number of likely N-dealkylation sites (N-methyl/N-ethyl adjacent to an activating group) is 1. The van der Waals surface area contributed by atoms with Crippen molar-refractivity contribution in [2.24, 2.45) is 0 Å². The summed E-state index contributed by atoms with van der Waals surface area (Å²) in [4.78, 5) is 22.9. The van der Waals surface area contributed by atoms with Gasteiger partial charge in [0.25, 0.3) is 13.2 Å². The summed E-state index contributed by atoms with van der Waals surface area (Å²) in [6, 6.07) is 0. The SMILES string of the molecule is CN1C(=O)BC(Cl)=CC1=O. The second kappa shape index (κ2) is 2.46. The maximum Gasteiger partial charge on any atom is 0.282 e. The van der Waals surface area contributed by atoms with Crippen LogP contribution in [-0.4, -0.2) is 30.9 Å². The molecule has 0 spiro atoms. The maximum absolute atomic E-state index is 10.8. The van der Waals surface area contributed by atoms with E-state index in [1.165, 1.54) is 13.1 Å². The number of imide groups is 1. The first-order chi connectivity index (χ1) is 4.61. The summed E-state index contributed by atoms with van der Waals surface area (Å²) in [5, 5.41) is 0. The molecule has 0 bridgehead atoms. The van der Waals surface area contributed by atoms with Crippen molar-refractivity contribution in [3.05, 3.63) is 11.0 Å². The van der Waals surface area contributed by atoms with Gasteiger partial charge < -0.3 is 0 Å². The minimum absolute atomic E-state index is 0.143. The Morgan fingerprint density at radius 1 is 1.60 bits per heavy atom. The van der Waals surface area contributed by atoms with Gasteiger partial charge in [0.2, 0.25) is 0 Å². The predicted octanol–water partition coefficient (Wildman–Crippen LogP) is 0.0951. The molecule has 0 radical (unpaired) electrons. The summed E-state index contributed by atoms with van der Waals surface area (Å²) in [5.41, 5.74) is 0. The molecule has 0 saturated heterocycles. The van der Waals surface area contributed by atoms with Gasteiger partial charge in [0.15, 0.2) is 5.81 Å². The van der Waals surface area contributed by atoms with Crippen LogP contribution in [0.15, 0.2) is 11.0 Å². The quantitative estimate of drug-likeness (QED) is 0.468. The lowest BCUT2D eigenvalue weighted by molar-refractivity contribution is -0.122. The second-order valence-corrected chi connectivity index (χ2v) is 2.54. The molecule has 0 N–H and O–H groups in total. The highest BCUT2D eigenvalue weighted by Gasteiger charge is 2.22. The third-order valence-electron chi connectivity index (χ3n) is 1.30. The third-order valence-corrected chi connectivity index (χ3v) is 1.55. The molecule has 2 amide bonds. The van der Waals surface area contributed by atoms with E-state index < -0.39 is 0 Å². The van der Waals surface area contributed by atoms with Gasteiger partial charge in [0.1, 0.15) is 0 Å². The van der Waals surface area contributed by atoms with E-state index in [1.807, 2.05) is 0 Å². The van der Waals surface area contributed by atoms with Crippen molar-refractivity contribution in [3.63, 3.8) is 0 Å². The van der Waals surface area contributed by atoms with Gasteiger partial charge in [0.05, 0.1) is 0 Å². The summed E-state index contributed by atoms with van der Waals surface area (Å²) in [6.45, 7) is 0. The molecule has 3 nitrogen and oxygen atoms in total. The highest BCUT2D eigenvalue weighted by atomic mass is 35.5. The molecule has 1 heterocycles. The number of amides is 2. The van der Waals surface area contributed by atoms with Crippen LogP contribution in [0.2, 0.25) is 0 Å². The molecule has 10 heavy (non-hydrogen) atoms. The van der Waals surface area contributed by atoms with Crippen LogP contribution < -0.4 is 0 Å². The molecule has 0 unspecified atom stereocenters. The van der Waals surface area contributed by atoms with Gasteiger partial charge in [-0.2, -0.15) is 0 Å². The lowest BCUT2D eigenvalue weighted by Crippen LogP contribution is -2.38. The number of hydrogen-bond donors (Lipinski definition) is 0. The Morgan fingerprint density at radius 3 is 2.70 bits per heavy atom. The van der Waals surface area contributed by atoms with Crippen molar-refractivity contribution in [2.75, 3.05) is 7.05 Å². The second-order valence-electron chi connectivity index (χ2n) is 2.06. The average molecular weight is 157 g/mol. The van der Waals surface area contributed by atoms with Gasteiger partial charge in [-0.25, -0.2) is 0 Å². The average Bonchev–Trinajstić information content (AvgIpc) is 1.82. The Bertz CT molecular complexity index is 226. The summed E-state index contributed by atoms with van der Waals surface area (Å²) in [5.74, 6) is -0.598. The smallest absolute Gasteiger partial charge is 0.282 e. The molecule has 0 atom stereocenters. The third kappa shape index (κ3) is 1.21. The van der Waals surface area contributed by atoms with Crippen LogP contribution in [0.4, 0.5) is 4.79 Å². The highest BCUT2D eigenvalue weighted by molar-refractivity contribution is 6.88. The largest absolute Gasteiger partial charge is 0.291 e. The van der Waals surface area contributed by atoms with Crippen LogP contribution in [0.1, 0.15) is 0 Å². The van der Waals surface area contributed by atoms with E-state index in [1.54, 1.807) is 0 Å². The lowest BCUT2D eigenvalue weighted by Gasteiger charge is -2.16. The van der Waals surface area contributed by atoms with Gasteiger partial charge in [-0.3, -0.25) is 14.5 Å². The number of nitrogens with zero attached hydrogens (tertiary/aromatic N) is 1. The van der Waals surface area contributed by atoms with Gasteiger partial charge in [-0.1, -0.05) is 11.6 Å². The Hall–Kier alpha value is -0.765. The zero-order chi connectivity index (χ0) is 7.72. The topological polar surface area (TPSA) is 37.4 Å². The van der Waals surface area contributed by atoms with E-state index in [0.717, 1.165) is 4.90 Å². The van der Waals surface area contributed by atoms with Crippen molar-refractivity contribution in [1.29, 1.82) is 0 Å². The molecule has 5 heteroatoms. The Kier molecular flexibility index (Phi) is 1.81. The van der Waals surface area contributed by atoms with Crippen molar-refractivity contribution in [3.8, 4) is 0 Å². The first-order valence-corrected chi connectivity index (χ1v) is 3.15. The molecule has 0 aliphatic carbocycles. The van der Waals surface area contributed by atoms with Crippen molar-refractivity contribution in [2.45, 2.75) is 0 Å². The van der Waals surface area contributed by atoms with E-state index >= 15 is 0 Å². The molecule has 1 aliphatic rings. The van der Waals surface area contributed by atoms with Crippen LogP contribution in [0, 0.1) is 0 Å². The zero-order valence-corrected chi connectivity index (χ0v) is 6.18. The molecule has 1 rings (SSSR count). The van der Waals surface area contributed by atoms with Crippen LogP contribution in [0.3, 0.4) is 0 Å². The van der Waals surface area contributed by atoms with Gasteiger partial charge in [-0.05, 0) is 4.93 Å². The predicted molar refractivity (Wildman–Crippen MR) is 39.3 cm³/mol. The Morgan fingerprint density at radius 2 is 2.20 bits per heavy atom. The number of halogens is 1. The zero-order valence-electron chi connectivity index (χ0n) is 5.43. The van der Waals surface area contributed by atoms with Crippen molar-refractivity contribution in [1.82, 2.24) is 4.90 Å². The van der Waals surface area contributed by atoms with E-state index in [-0.39, 0.29) is 19.0 Å². The van der Waals surface area contributed by atoms with Crippen LogP contribution in [0.5, 0.6) is 0 Å². The Balaban J connectivity index is 2.89. The Labute approximate surface area is 63.9 Å². The van der Waals surface area contributed by atoms with Gasteiger partial charge in [0, 0.05) is 13.1 Å². The van der Waals surface area contributed by atoms with E-state index in [9.17, 15) is 9.59 Å². The molecule has 52 valence electrons. The molecule has 0 saturated carbocycles. The first-order valence-electron chi connectivity index (χ1n) is 2.78. The number of hydrogen-bond acceptors (Lipinski definition) is 2. The first kappa shape index (κ1) is 7.34. The highest BCUT2D eigenvalue weighted by Crippen LogP contribution is 2.07. The summed E-state index contributed by atoms with van der Waals surface area (Å²) < 4.78 is 0. The van der Waals surface area contributed by atoms with Crippen molar-refractivity contribution >= 4 is 30.6 Å². The molecular formula is C5H5BClNO2. The van der Waals surface area contributed by atoms with Gasteiger partial charge in [-0.15, -0.1) is 0 Å². The minimum atomic E-state index is -0.346. The fraction of sp³-hybridized carbons (Fsp3) is 0.200. The standard InChI is InChI=1S/C5H5BClNO2/c1-8-4(9)2-3(7)6-5(8)10/h2,6H,1H3. The molecule has 0 aromatic heterocycles. The summed E-state index contributed by atoms with van der Waals surface area (Å²) >= 11 is 5.46. The van der Waals surface area contributed by atoms with Crippen LogP contribution in [0.25, 0.3) is 0 Å². The van der Waals surface area contributed by atoms with Crippen molar-refractivity contribution < 1.29 is 9.59 Å². The minimum Gasteiger partial charge on any atom is -0.291 e. The summed E-state index contributed by atoms with van der Waals surface area (Å²) in [7, 11) is 1.58. The molecule has 0 fully saturated rings. The van der Waals surface area contributed by atoms with Gasteiger partial charge >= 0.3 is 0 Å². The molecule has 0 aromatic carbocycles. The monoisotopic (exact) mass is 157 g/mol. The lowest BCUT2D eigenvalue weighted by atomic mass is 9.74. The number of rotatable bonds is 0. The van der Waals surface area contributed by atoms with Crippen LogP contribution >= 0.6 is 11.6 Å². The summed E-state index contributed by atoms with van der Waals surface area (Å²) in [6.07, 6.45) is 1.25. The number of carbonyl (C=O) groups excluding carboxylic acids is 2. The molecular weight excluding hydrogens is 152 g/mol. The van der Waals surface area contributed by atoms with E-state index in [0.29, 0.717) is 4.93 Å². The van der Waals surface area contributed by atoms with E-state index in [4.69, 9.17) is 11.6 Å².